The Morgan fingerprint density at radius 3 is 2.50 bits per heavy atom. The number of ether oxygens (including phenoxy) is 1. The fourth-order valence-electron chi connectivity index (χ4n) is 2.29. The van der Waals surface area contributed by atoms with Gasteiger partial charge >= 0.3 is 5.97 Å². The Bertz CT molecular complexity index is 888. The number of hydrogen-bond donors (Lipinski definition) is 0. The number of esters is 1. The highest BCUT2D eigenvalue weighted by atomic mass is 35.5. The fourth-order valence-corrected chi connectivity index (χ4v) is 2.42. The van der Waals surface area contributed by atoms with Crippen molar-refractivity contribution in [2.24, 2.45) is 0 Å². The second kappa shape index (κ2) is 8.45. The minimum absolute atomic E-state index is 0.00285. The van der Waals surface area contributed by atoms with Crippen molar-refractivity contribution in [1.82, 2.24) is 4.98 Å². The number of rotatable bonds is 7. The number of carbonyl (C=O) groups is 2. The normalized spacial score (nSPS) is 10.5. The average Bonchev–Trinajstić information content (AvgIpc) is 3.14. The molecule has 0 saturated carbocycles. The molecule has 1 heterocycles. The minimum atomic E-state index is -0.841. The Morgan fingerprint density at radius 1 is 1.04 bits per heavy atom. The highest BCUT2D eigenvalue weighted by molar-refractivity contribution is 6.33. The number of ketones is 1. The van der Waals surface area contributed by atoms with Crippen molar-refractivity contribution < 1.29 is 18.7 Å². The molecular formula is C20H16ClNO4. The summed E-state index contributed by atoms with van der Waals surface area (Å²) in [4.78, 5) is 27.8. The number of halogens is 1. The SMILES string of the molecule is O=C(CCc1cnc(-c2ccc(Cl)cc2)o1)C(=O)OCc1ccccc1. The van der Waals surface area contributed by atoms with E-state index in [0.717, 1.165) is 11.1 Å². The zero-order valence-corrected chi connectivity index (χ0v) is 14.6. The monoisotopic (exact) mass is 369 g/mol. The third-order valence-electron chi connectivity index (χ3n) is 3.68. The lowest BCUT2D eigenvalue weighted by Gasteiger charge is -2.03. The Labute approximate surface area is 155 Å². The summed E-state index contributed by atoms with van der Waals surface area (Å²) in [6.07, 6.45) is 1.83. The van der Waals surface area contributed by atoms with Crippen LogP contribution in [0.3, 0.4) is 0 Å². The predicted molar refractivity (Wildman–Crippen MR) is 96.5 cm³/mol. The number of benzene rings is 2. The molecule has 26 heavy (non-hydrogen) atoms. The van der Waals surface area contributed by atoms with E-state index in [9.17, 15) is 9.59 Å². The summed E-state index contributed by atoms with van der Waals surface area (Å²) in [5, 5.41) is 0.625. The number of hydrogen-bond acceptors (Lipinski definition) is 5. The molecule has 3 aromatic rings. The highest BCUT2D eigenvalue weighted by Gasteiger charge is 2.17. The molecule has 5 nitrogen and oxygen atoms in total. The van der Waals surface area contributed by atoms with Gasteiger partial charge in [0.25, 0.3) is 0 Å². The highest BCUT2D eigenvalue weighted by Crippen LogP contribution is 2.21. The van der Waals surface area contributed by atoms with Crippen molar-refractivity contribution in [2.75, 3.05) is 0 Å². The van der Waals surface area contributed by atoms with Gasteiger partial charge in [0.2, 0.25) is 11.7 Å². The quantitative estimate of drug-likeness (QED) is 0.460. The van der Waals surface area contributed by atoms with Gasteiger partial charge in [0, 0.05) is 23.4 Å². The van der Waals surface area contributed by atoms with E-state index in [2.05, 4.69) is 4.98 Å². The molecule has 1 aromatic heterocycles. The zero-order chi connectivity index (χ0) is 18.4. The van der Waals surface area contributed by atoms with Crippen LogP contribution >= 0.6 is 11.6 Å². The molecule has 0 saturated heterocycles. The first kappa shape index (κ1) is 17.9. The molecule has 132 valence electrons. The van der Waals surface area contributed by atoms with Gasteiger partial charge < -0.3 is 9.15 Å². The van der Waals surface area contributed by atoms with Crippen LogP contribution in [0.4, 0.5) is 0 Å². The van der Waals surface area contributed by atoms with Crippen LogP contribution in [-0.4, -0.2) is 16.7 Å². The molecule has 0 radical (unpaired) electrons. The molecule has 0 spiro atoms. The molecule has 2 aromatic carbocycles. The number of carbonyl (C=O) groups excluding carboxylic acids is 2. The van der Waals surface area contributed by atoms with Crippen molar-refractivity contribution in [1.29, 1.82) is 0 Å². The van der Waals surface area contributed by atoms with E-state index in [-0.39, 0.29) is 19.4 Å². The van der Waals surface area contributed by atoms with E-state index in [0.29, 0.717) is 16.7 Å². The molecule has 0 N–H and O–H groups in total. The van der Waals surface area contributed by atoms with Gasteiger partial charge in [-0.3, -0.25) is 4.79 Å². The van der Waals surface area contributed by atoms with Gasteiger partial charge in [-0.25, -0.2) is 9.78 Å². The van der Waals surface area contributed by atoms with E-state index >= 15 is 0 Å². The Hall–Kier alpha value is -2.92. The van der Waals surface area contributed by atoms with Gasteiger partial charge in [0.05, 0.1) is 6.20 Å². The summed E-state index contributed by atoms with van der Waals surface area (Å²) in [6, 6.07) is 16.3. The molecule has 0 aliphatic carbocycles. The first-order valence-corrected chi connectivity index (χ1v) is 8.44. The molecule has 0 aliphatic heterocycles. The summed E-state index contributed by atoms with van der Waals surface area (Å²) in [6.45, 7) is 0.0778. The Balaban J connectivity index is 1.50. The van der Waals surface area contributed by atoms with Crippen molar-refractivity contribution in [3.8, 4) is 11.5 Å². The minimum Gasteiger partial charge on any atom is -0.455 e. The topological polar surface area (TPSA) is 69.4 Å². The summed E-state index contributed by atoms with van der Waals surface area (Å²) < 4.78 is 10.6. The van der Waals surface area contributed by atoms with Crippen LogP contribution in [0, 0.1) is 0 Å². The molecule has 3 rings (SSSR count). The van der Waals surface area contributed by atoms with Gasteiger partial charge in [-0.1, -0.05) is 41.9 Å². The van der Waals surface area contributed by atoms with Gasteiger partial charge in [-0.15, -0.1) is 0 Å². The number of aromatic nitrogens is 1. The summed E-state index contributed by atoms with van der Waals surface area (Å²) in [7, 11) is 0. The lowest BCUT2D eigenvalue weighted by atomic mass is 10.2. The fraction of sp³-hybridized carbons (Fsp3) is 0.150. The van der Waals surface area contributed by atoms with Crippen LogP contribution in [0.25, 0.3) is 11.5 Å². The van der Waals surface area contributed by atoms with E-state index < -0.39 is 11.8 Å². The maximum absolute atomic E-state index is 11.9. The summed E-state index contributed by atoms with van der Waals surface area (Å²) in [5.41, 5.74) is 1.62. The number of nitrogens with zero attached hydrogens (tertiary/aromatic N) is 1. The molecule has 0 aliphatic rings. The first-order chi connectivity index (χ1) is 12.6. The largest absolute Gasteiger partial charge is 0.455 e. The Kier molecular flexibility index (Phi) is 5.81. The second-order valence-corrected chi connectivity index (χ2v) is 6.06. The second-order valence-electron chi connectivity index (χ2n) is 5.62. The molecule has 0 atom stereocenters. The molecule has 0 fully saturated rings. The first-order valence-electron chi connectivity index (χ1n) is 8.06. The van der Waals surface area contributed by atoms with Crippen molar-refractivity contribution >= 4 is 23.4 Å². The van der Waals surface area contributed by atoms with Crippen molar-refractivity contribution in [3.05, 3.63) is 77.1 Å². The lowest BCUT2D eigenvalue weighted by Crippen LogP contribution is -2.17. The van der Waals surface area contributed by atoms with E-state index in [4.69, 9.17) is 20.8 Å². The number of Topliss-reactive ketones (excluding diaryl/α,β-unsaturated/α-hetero) is 1. The number of oxazole rings is 1. The van der Waals surface area contributed by atoms with E-state index in [1.165, 1.54) is 0 Å². The molecule has 6 heteroatoms. The smallest absolute Gasteiger partial charge is 0.374 e. The van der Waals surface area contributed by atoms with E-state index in [1.807, 2.05) is 30.3 Å². The van der Waals surface area contributed by atoms with Gasteiger partial charge in [-0.05, 0) is 29.8 Å². The van der Waals surface area contributed by atoms with Crippen LogP contribution in [0.1, 0.15) is 17.7 Å². The third kappa shape index (κ3) is 4.80. The zero-order valence-electron chi connectivity index (χ0n) is 13.9. The standard InChI is InChI=1S/C20H16ClNO4/c21-16-8-6-15(7-9-16)19-22-12-17(26-19)10-11-18(23)20(24)25-13-14-4-2-1-3-5-14/h1-9,12H,10-11,13H2. The van der Waals surface area contributed by atoms with E-state index in [1.54, 1.807) is 30.5 Å². The maximum atomic E-state index is 11.9. The Morgan fingerprint density at radius 2 is 1.77 bits per heavy atom. The molecule has 0 amide bonds. The lowest BCUT2D eigenvalue weighted by molar-refractivity contribution is -0.154. The molecular weight excluding hydrogens is 354 g/mol. The maximum Gasteiger partial charge on any atom is 0.374 e. The van der Waals surface area contributed by atoms with Crippen LogP contribution in [-0.2, 0) is 27.4 Å². The van der Waals surface area contributed by atoms with Crippen LogP contribution in [0.5, 0.6) is 0 Å². The van der Waals surface area contributed by atoms with Gasteiger partial charge in [-0.2, -0.15) is 0 Å². The van der Waals surface area contributed by atoms with Crippen LogP contribution in [0.2, 0.25) is 5.02 Å². The van der Waals surface area contributed by atoms with Crippen LogP contribution in [0.15, 0.2) is 65.2 Å². The summed E-state index contributed by atoms with van der Waals surface area (Å²) >= 11 is 5.85. The van der Waals surface area contributed by atoms with Crippen molar-refractivity contribution in [2.45, 2.75) is 19.4 Å². The van der Waals surface area contributed by atoms with Gasteiger partial charge in [0.15, 0.2) is 0 Å². The van der Waals surface area contributed by atoms with Gasteiger partial charge in [0.1, 0.15) is 12.4 Å². The molecule has 0 bridgehead atoms. The predicted octanol–water partition coefficient (Wildman–Crippen LogP) is 4.24. The molecule has 0 unspecified atom stereocenters. The third-order valence-corrected chi connectivity index (χ3v) is 3.94. The van der Waals surface area contributed by atoms with Crippen LogP contribution < -0.4 is 0 Å². The average molecular weight is 370 g/mol. The van der Waals surface area contributed by atoms with Crippen molar-refractivity contribution in [3.63, 3.8) is 0 Å². The number of aryl methyl sites for hydroxylation is 1. The summed E-state index contributed by atoms with van der Waals surface area (Å²) in [5.74, 6) is -0.466.